The normalized spacial score (nSPS) is 16.4. The highest BCUT2D eigenvalue weighted by Crippen LogP contribution is 2.17. The molecule has 8 heteroatoms. The standard InChI is InChI=1S/C19H23N3O3S.ClH/c20-18(17-9-5-2-6-10-17)19(23)21-11-13-22(14-12-21)26(24,25)15-16-7-3-1-4-8-16;/h1-10,18H,11-15,20H2;1H. The van der Waals surface area contributed by atoms with Gasteiger partial charge in [-0.1, -0.05) is 60.7 Å². The quantitative estimate of drug-likeness (QED) is 0.815. The van der Waals surface area contributed by atoms with Gasteiger partial charge in [-0.2, -0.15) is 4.31 Å². The number of nitrogens with two attached hydrogens (primary N) is 1. The Balaban J connectivity index is 0.00000261. The Kier molecular flexibility index (Phi) is 7.38. The van der Waals surface area contributed by atoms with Crippen LogP contribution in [0.3, 0.4) is 0 Å². The molecule has 3 rings (SSSR count). The molecule has 0 radical (unpaired) electrons. The number of carbonyl (C=O) groups is 1. The number of sulfonamides is 1. The number of amides is 1. The van der Waals surface area contributed by atoms with Gasteiger partial charge < -0.3 is 10.6 Å². The number of hydrogen-bond acceptors (Lipinski definition) is 4. The summed E-state index contributed by atoms with van der Waals surface area (Å²) in [5.74, 6) is -0.193. The predicted octanol–water partition coefficient (Wildman–Crippen LogP) is 1.78. The average Bonchev–Trinajstić information content (AvgIpc) is 2.68. The van der Waals surface area contributed by atoms with Gasteiger partial charge in [-0.15, -0.1) is 12.4 Å². The first kappa shape index (κ1) is 21.4. The van der Waals surface area contributed by atoms with E-state index in [2.05, 4.69) is 0 Å². The maximum atomic E-state index is 12.6. The minimum Gasteiger partial charge on any atom is -0.338 e. The fourth-order valence-electron chi connectivity index (χ4n) is 3.06. The number of halogens is 1. The summed E-state index contributed by atoms with van der Waals surface area (Å²) >= 11 is 0. The van der Waals surface area contributed by atoms with Gasteiger partial charge in [-0.3, -0.25) is 4.79 Å². The van der Waals surface area contributed by atoms with Gasteiger partial charge in [-0.05, 0) is 11.1 Å². The van der Waals surface area contributed by atoms with E-state index < -0.39 is 16.1 Å². The first-order valence-corrected chi connectivity index (χ1v) is 10.2. The first-order chi connectivity index (χ1) is 12.5. The summed E-state index contributed by atoms with van der Waals surface area (Å²) in [6.07, 6.45) is 0. The van der Waals surface area contributed by atoms with Gasteiger partial charge in [-0.25, -0.2) is 8.42 Å². The molecule has 1 heterocycles. The Morgan fingerprint density at radius 3 is 2.00 bits per heavy atom. The molecule has 1 aliphatic rings. The van der Waals surface area contributed by atoms with Gasteiger partial charge in [0, 0.05) is 26.2 Å². The Bertz CT molecular complexity index is 839. The second kappa shape index (κ2) is 9.32. The summed E-state index contributed by atoms with van der Waals surface area (Å²) in [7, 11) is -3.39. The number of nitrogens with zero attached hydrogens (tertiary/aromatic N) is 2. The zero-order valence-corrected chi connectivity index (χ0v) is 16.5. The predicted molar refractivity (Wildman–Crippen MR) is 108 cm³/mol. The van der Waals surface area contributed by atoms with Gasteiger partial charge in [0.15, 0.2) is 0 Å². The van der Waals surface area contributed by atoms with Crippen LogP contribution in [0, 0.1) is 0 Å². The van der Waals surface area contributed by atoms with Crippen molar-refractivity contribution < 1.29 is 13.2 Å². The molecule has 1 atom stereocenters. The molecule has 1 saturated heterocycles. The number of hydrogen-bond donors (Lipinski definition) is 1. The highest BCUT2D eigenvalue weighted by molar-refractivity contribution is 7.88. The Morgan fingerprint density at radius 1 is 0.926 bits per heavy atom. The van der Waals surface area contributed by atoms with Crippen LogP contribution in [0.2, 0.25) is 0 Å². The minimum absolute atomic E-state index is 0. The molecule has 0 bridgehead atoms. The fourth-order valence-corrected chi connectivity index (χ4v) is 4.58. The van der Waals surface area contributed by atoms with Crippen molar-refractivity contribution in [1.82, 2.24) is 9.21 Å². The van der Waals surface area contributed by atoms with E-state index in [1.165, 1.54) is 4.31 Å². The SMILES string of the molecule is Cl.NC(C(=O)N1CCN(S(=O)(=O)Cc2ccccc2)CC1)c1ccccc1. The third-order valence-electron chi connectivity index (χ3n) is 4.56. The maximum Gasteiger partial charge on any atom is 0.244 e. The zero-order valence-electron chi connectivity index (χ0n) is 14.9. The van der Waals surface area contributed by atoms with Crippen molar-refractivity contribution >= 4 is 28.3 Å². The Labute approximate surface area is 166 Å². The second-order valence-corrected chi connectivity index (χ2v) is 8.32. The summed E-state index contributed by atoms with van der Waals surface area (Å²) in [6.45, 7) is 1.30. The minimum atomic E-state index is -3.39. The largest absolute Gasteiger partial charge is 0.338 e. The summed E-state index contributed by atoms with van der Waals surface area (Å²) in [4.78, 5) is 14.2. The van der Waals surface area contributed by atoms with E-state index in [0.29, 0.717) is 26.2 Å². The summed E-state index contributed by atoms with van der Waals surface area (Å²) < 4.78 is 26.6. The molecular weight excluding hydrogens is 386 g/mol. The lowest BCUT2D eigenvalue weighted by Gasteiger charge is -2.35. The van der Waals surface area contributed by atoms with Crippen molar-refractivity contribution in [3.05, 3.63) is 71.8 Å². The van der Waals surface area contributed by atoms with Crippen LogP contribution in [0.5, 0.6) is 0 Å². The molecule has 0 saturated carbocycles. The molecule has 1 aliphatic heterocycles. The lowest BCUT2D eigenvalue weighted by Crippen LogP contribution is -2.52. The van der Waals surface area contributed by atoms with Crippen molar-refractivity contribution in [3.8, 4) is 0 Å². The monoisotopic (exact) mass is 409 g/mol. The van der Waals surface area contributed by atoms with E-state index in [4.69, 9.17) is 5.73 Å². The van der Waals surface area contributed by atoms with E-state index in [9.17, 15) is 13.2 Å². The molecule has 146 valence electrons. The van der Waals surface area contributed by atoms with Crippen molar-refractivity contribution in [2.75, 3.05) is 26.2 Å². The molecule has 2 aromatic rings. The van der Waals surface area contributed by atoms with Crippen LogP contribution in [-0.2, 0) is 20.6 Å². The van der Waals surface area contributed by atoms with E-state index in [1.54, 1.807) is 17.0 Å². The van der Waals surface area contributed by atoms with Crippen molar-refractivity contribution in [3.63, 3.8) is 0 Å². The number of piperazine rings is 1. The molecule has 0 spiro atoms. The van der Waals surface area contributed by atoms with Gasteiger partial charge in [0.2, 0.25) is 15.9 Å². The van der Waals surface area contributed by atoms with E-state index in [0.717, 1.165) is 11.1 Å². The Hall–Kier alpha value is -1.93. The molecule has 27 heavy (non-hydrogen) atoms. The highest BCUT2D eigenvalue weighted by atomic mass is 35.5. The van der Waals surface area contributed by atoms with Crippen molar-refractivity contribution in [2.24, 2.45) is 5.73 Å². The van der Waals surface area contributed by atoms with E-state index >= 15 is 0 Å². The third-order valence-corrected chi connectivity index (χ3v) is 6.41. The fraction of sp³-hybridized carbons (Fsp3) is 0.316. The first-order valence-electron chi connectivity index (χ1n) is 8.58. The van der Waals surface area contributed by atoms with Crippen molar-refractivity contribution in [1.29, 1.82) is 0 Å². The van der Waals surface area contributed by atoms with Crippen LogP contribution in [0.1, 0.15) is 17.2 Å². The topological polar surface area (TPSA) is 83.7 Å². The maximum absolute atomic E-state index is 12.6. The third kappa shape index (κ3) is 5.29. The molecule has 0 aliphatic carbocycles. The van der Waals surface area contributed by atoms with Gasteiger partial charge >= 0.3 is 0 Å². The van der Waals surface area contributed by atoms with Gasteiger partial charge in [0.05, 0.1) is 5.75 Å². The average molecular weight is 410 g/mol. The van der Waals surface area contributed by atoms with Crippen LogP contribution in [-0.4, -0.2) is 49.7 Å². The van der Waals surface area contributed by atoms with Crippen LogP contribution in [0.15, 0.2) is 60.7 Å². The molecule has 1 fully saturated rings. The van der Waals surface area contributed by atoms with Crippen molar-refractivity contribution in [2.45, 2.75) is 11.8 Å². The molecule has 6 nitrogen and oxygen atoms in total. The number of rotatable bonds is 5. The van der Waals surface area contributed by atoms with Crippen LogP contribution < -0.4 is 5.73 Å². The lowest BCUT2D eigenvalue weighted by atomic mass is 10.1. The molecule has 1 unspecified atom stereocenters. The van der Waals surface area contributed by atoms with E-state index in [-0.39, 0.29) is 24.1 Å². The molecular formula is C19H24ClN3O3S. The molecule has 2 aromatic carbocycles. The van der Waals surface area contributed by atoms with Crippen LogP contribution >= 0.6 is 12.4 Å². The van der Waals surface area contributed by atoms with E-state index in [1.807, 2.05) is 48.5 Å². The number of benzene rings is 2. The molecule has 2 N–H and O–H groups in total. The highest BCUT2D eigenvalue weighted by Gasteiger charge is 2.31. The summed E-state index contributed by atoms with van der Waals surface area (Å²) in [5, 5.41) is 0. The Morgan fingerprint density at radius 2 is 1.44 bits per heavy atom. The molecule has 1 amide bonds. The molecule has 0 aromatic heterocycles. The van der Waals surface area contributed by atoms with Crippen LogP contribution in [0.4, 0.5) is 0 Å². The van der Waals surface area contributed by atoms with Gasteiger partial charge in [0.1, 0.15) is 6.04 Å². The number of carbonyl (C=O) groups excluding carboxylic acids is 1. The zero-order chi connectivity index (χ0) is 18.6. The second-order valence-electron chi connectivity index (χ2n) is 6.35. The van der Waals surface area contributed by atoms with Crippen LogP contribution in [0.25, 0.3) is 0 Å². The smallest absolute Gasteiger partial charge is 0.244 e. The van der Waals surface area contributed by atoms with Gasteiger partial charge in [0.25, 0.3) is 0 Å². The summed E-state index contributed by atoms with van der Waals surface area (Å²) in [5.41, 5.74) is 7.59. The lowest BCUT2D eigenvalue weighted by molar-refractivity contribution is -0.133. The summed E-state index contributed by atoms with van der Waals surface area (Å²) in [6, 6.07) is 17.6.